The van der Waals surface area contributed by atoms with Crippen molar-refractivity contribution >= 4 is 55.0 Å². The lowest BCUT2D eigenvalue weighted by molar-refractivity contribution is -0.113. The number of nitrogens with zero attached hydrogens (tertiary/aromatic N) is 4. The molecule has 1 spiro atoms. The number of imidazole rings is 1. The van der Waals surface area contributed by atoms with Gasteiger partial charge >= 0.3 is 6.09 Å². The molecular weight excluding hydrogens is 756 g/mol. The molecular formula is C33H41ClN6O11S2. The van der Waals surface area contributed by atoms with E-state index in [4.69, 9.17) is 40.5 Å². The maximum Gasteiger partial charge on any atom is 0.407 e. The van der Waals surface area contributed by atoms with E-state index in [1.165, 1.54) is 6.33 Å². The first-order valence-electron chi connectivity index (χ1n) is 16.2. The molecule has 288 valence electrons. The van der Waals surface area contributed by atoms with Gasteiger partial charge in [-0.25, -0.2) is 9.78 Å². The van der Waals surface area contributed by atoms with Crippen LogP contribution in [0.3, 0.4) is 0 Å². The minimum Gasteiger partial charge on any atom is -0.471 e. The minimum absolute atomic E-state index is 0.0235. The topological polar surface area (TPSA) is 222 Å². The zero-order chi connectivity index (χ0) is 38.6. The van der Waals surface area contributed by atoms with Crippen molar-refractivity contribution in [3.8, 4) is 5.88 Å². The summed E-state index contributed by atoms with van der Waals surface area (Å²) in [5, 5.41) is 3.36. The van der Waals surface area contributed by atoms with E-state index in [9.17, 15) is 21.6 Å². The highest BCUT2D eigenvalue weighted by Gasteiger charge is 2.62. The molecule has 4 aromatic rings. The average Bonchev–Trinajstić information content (AvgIpc) is 3.73. The van der Waals surface area contributed by atoms with Gasteiger partial charge in [-0.3, -0.25) is 12.9 Å². The summed E-state index contributed by atoms with van der Waals surface area (Å²) < 4.78 is 80.3. The second-order valence-electron chi connectivity index (χ2n) is 13.3. The number of nitrogen functional groups attached to an aromatic ring is 1. The highest BCUT2D eigenvalue weighted by molar-refractivity contribution is 7.87. The van der Waals surface area contributed by atoms with Crippen molar-refractivity contribution in [2.75, 3.05) is 38.0 Å². The molecule has 4 atom stereocenters. The average molecular weight is 797 g/mol. The summed E-state index contributed by atoms with van der Waals surface area (Å²) in [6, 6.07) is 16.6. The number of nitrogens with one attached hydrogen (secondary N) is 1. The molecule has 0 radical (unpaired) electrons. The Morgan fingerprint density at radius 3 is 2.36 bits per heavy atom. The molecule has 2 aliphatic rings. The number of anilines is 1. The maximum atomic E-state index is 12.8. The predicted octanol–water partition coefficient (Wildman–Crippen LogP) is 3.59. The zero-order valence-electron chi connectivity index (χ0n) is 29.6. The molecule has 20 heteroatoms. The molecule has 3 N–H and O–H groups in total. The number of fused-ring (bicyclic) bond motifs is 1. The number of rotatable bonds is 10. The third kappa shape index (κ3) is 10.5. The third-order valence-corrected chi connectivity index (χ3v) is 10.1. The number of benzene rings is 2. The monoisotopic (exact) mass is 796 g/mol. The third-order valence-electron chi connectivity index (χ3n) is 7.96. The van der Waals surface area contributed by atoms with Crippen molar-refractivity contribution in [1.29, 1.82) is 0 Å². The molecule has 0 bridgehead atoms. The molecule has 17 nitrogen and oxygen atoms in total. The van der Waals surface area contributed by atoms with Crippen molar-refractivity contribution in [2.45, 2.75) is 57.5 Å². The second-order valence-corrected chi connectivity index (χ2v) is 17.1. The molecule has 4 heterocycles. The number of alkyl carbamates (subject to hydrolysis) is 1. The van der Waals surface area contributed by atoms with Crippen LogP contribution in [-0.2, 0) is 56.0 Å². The summed E-state index contributed by atoms with van der Waals surface area (Å²) in [5.74, 6) is -1.07. The van der Waals surface area contributed by atoms with E-state index < -0.39 is 61.5 Å². The number of aromatic nitrogens is 4. The van der Waals surface area contributed by atoms with Crippen LogP contribution < -0.4 is 15.8 Å². The maximum absolute atomic E-state index is 12.8. The fourth-order valence-electron chi connectivity index (χ4n) is 5.69. The van der Waals surface area contributed by atoms with Crippen LogP contribution in [0.4, 0.5) is 10.7 Å². The number of nitrogens with two attached hydrogens (primary N) is 1. The van der Waals surface area contributed by atoms with E-state index in [-0.39, 0.29) is 43.8 Å². The van der Waals surface area contributed by atoms with Crippen LogP contribution in [0.5, 0.6) is 5.88 Å². The first-order chi connectivity index (χ1) is 24.9. The quantitative estimate of drug-likeness (QED) is 0.219. The van der Waals surface area contributed by atoms with Gasteiger partial charge < -0.3 is 30.0 Å². The van der Waals surface area contributed by atoms with E-state index in [0.717, 1.165) is 24.5 Å². The van der Waals surface area contributed by atoms with Crippen molar-refractivity contribution in [1.82, 2.24) is 24.8 Å². The second kappa shape index (κ2) is 16.1. The van der Waals surface area contributed by atoms with E-state index >= 15 is 0 Å². The normalized spacial score (nSPS) is 22.3. The van der Waals surface area contributed by atoms with E-state index in [1.54, 1.807) is 49.6 Å². The lowest BCUT2D eigenvalue weighted by atomic mass is 9.90. The molecule has 2 aromatic heterocycles. The minimum atomic E-state index is -3.95. The number of carbonyl (C=O) groups is 1. The van der Waals surface area contributed by atoms with Crippen LogP contribution in [0.15, 0.2) is 60.9 Å². The van der Waals surface area contributed by atoms with Gasteiger partial charge in [-0.15, -0.1) is 0 Å². The Bertz CT molecular complexity index is 2110. The summed E-state index contributed by atoms with van der Waals surface area (Å²) in [6.45, 7) is 5.24. The summed E-state index contributed by atoms with van der Waals surface area (Å²) in [5.41, 5.74) is 6.24. The first kappa shape index (κ1) is 40.1. The Hall–Kier alpha value is -4.11. The number of amides is 1. The molecule has 2 saturated heterocycles. The van der Waals surface area contributed by atoms with Crippen molar-refractivity contribution < 1.29 is 48.9 Å². The van der Waals surface area contributed by atoms with Gasteiger partial charge in [-0.2, -0.15) is 26.8 Å². The number of ether oxygens (including phenoxy) is 4. The Kier molecular flexibility index (Phi) is 12.2. The molecule has 1 unspecified atom stereocenters. The van der Waals surface area contributed by atoms with E-state index in [2.05, 4.69) is 24.5 Å². The van der Waals surface area contributed by atoms with Crippen LogP contribution >= 0.6 is 11.6 Å². The van der Waals surface area contributed by atoms with Gasteiger partial charge in [0, 0.05) is 11.6 Å². The molecule has 2 aromatic carbocycles. The van der Waals surface area contributed by atoms with Gasteiger partial charge in [0.25, 0.3) is 20.2 Å². The van der Waals surface area contributed by atoms with Crippen molar-refractivity contribution in [3.05, 3.63) is 77.1 Å². The lowest BCUT2D eigenvalue weighted by Crippen LogP contribution is -2.49. The summed E-state index contributed by atoms with van der Waals surface area (Å²) in [6.07, 6.45) is -0.0203. The summed E-state index contributed by atoms with van der Waals surface area (Å²) in [7, 11) is -5.99. The molecule has 6 rings (SSSR count). The van der Waals surface area contributed by atoms with Crippen molar-refractivity contribution in [3.63, 3.8) is 0 Å². The lowest BCUT2D eigenvalue weighted by Gasteiger charge is -2.29. The molecule has 2 aliphatic heterocycles. The van der Waals surface area contributed by atoms with E-state index in [1.807, 2.05) is 30.3 Å². The Balaban J connectivity index is 0.000000833. The van der Waals surface area contributed by atoms with Gasteiger partial charge in [0.05, 0.1) is 44.9 Å². The molecule has 0 aliphatic carbocycles. The number of hydrogen-bond donors (Lipinski definition) is 2. The number of carbonyl (C=O) groups excluding carboxylic acids is 1. The molecule has 53 heavy (non-hydrogen) atoms. The summed E-state index contributed by atoms with van der Waals surface area (Å²) in [4.78, 5) is 26.0. The number of hydrogen-bond acceptors (Lipinski definition) is 15. The first-order valence-corrected chi connectivity index (χ1v) is 19.9. The van der Waals surface area contributed by atoms with E-state index in [0.29, 0.717) is 10.5 Å². The molecule has 0 saturated carbocycles. The van der Waals surface area contributed by atoms with Gasteiger partial charge in [-0.05, 0) is 44.0 Å². The fraction of sp³-hybridized carbons (Fsp3) is 0.455. The van der Waals surface area contributed by atoms with Gasteiger partial charge in [0.1, 0.15) is 29.8 Å². The fourth-order valence-corrected chi connectivity index (χ4v) is 7.19. The predicted molar refractivity (Wildman–Crippen MR) is 193 cm³/mol. The van der Waals surface area contributed by atoms with Crippen LogP contribution in [-0.4, -0.2) is 92.0 Å². The SMILES string of the molecule is CC(C)(C)OC(=O)NC[C@H]1[C@H](n2cnc3c(OCc4ccccc4)nc(N)nc32)OC2(COS(=O)(=O)C2)[C@H]1OCc1ccc(Cl)cc1.COS(C)(=O)=O. The molecule has 1 amide bonds. The Morgan fingerprint density at radius 2 is 1.75 bits per heavy atom. The van der Waals surface area contributed by atoms with Crippen LogP contribution in [0.25, 0.3) is 11.2 Å². The largest absolute Gasteiger partial charge is 0.471 e. The zero-order valence-corrected chi connectivity index (χ0v) is 32.0. The smallest absolute Gasteiger partial charge is 0.407 e. The van der Waals surface area contributed by atoms with Crippen LogP contribution in [0, 0.1) is 5.92 Å². The Labute approximate surface area is 312 Å². The highest BCUT2D eigenvalue weighted by atomic mass is 35.5. The Morgan fingerprint density at radius 1 is 1.09 bits per heavy atom. The van der Waals surface area contributed by atoms with Gasteiger partial charge in [0.2, 0.25) is 11.8 Å². The highest BCUT2D eigenvalue weighted by Crippen LogP contribution is 2.48. The molecule has 2 fully saturated rings. The van der Waals surface area contributed by atoms with Crippen LogP contribution in [0.1, 0.15) is 38.1 Å². The van der Waals surface area contributed by atoms with Crippen LogP contribution in [0.2, 0.25) is 5.02 Å². The summed E-state index contributed by atoms with van der Waals surface area (Å²) >= 11 is 6.07. The van der Waals surface area contributed by atoms with Gasteiger partial charge in [-0.1, -0.05) is 54.1 Å². The standard InChI is InChI=1S/C31H35ClN6O8S.C2H6O3S/c1-30(2,3)46-29(39)34-13-22-24(42-14-20-9-11-21(32)12-10-20)31(16-44-47(40,41)17-31)45-27(22)38-18-35-23-25(38)36-28(33)37-26(23)43-15-19-7-5-4-6-8-19;1-5-6(2,3)4/h4-12,18,22,24,27H,13-17H2,1-3H3,(H,34,39)(H2,33,36,37);1-2H3/t22-,24+,27-,31?;/m1./s1. The van der Waals surface area contributed by atoms with Crippen molar-refractivity contribution in [2.24, 2.45) is 5.92 Å². The van der Waals surface area contributed by atoms with Gasteiger partial charge in [0.15, 0.2) is 11.2 Å². The number of halogens is 1.